The standard InChI is InChI=1S/C12H14BrCl/c13-12(10-4-2-5-10)8-9-3-1-6-11(14)7-9/h1,3,6-7,10,12H,2,4-5,8H2. The summed E-state index contributed by atoms with van der Waals surface area (Å²) in [5.74, 6) is 0.883. The maximum Gasteiger partial charge on any atom is 0.0408 e. The molecule has 0 saturated heterocycles. The third-order valence-electron chi connectivity index (χ3n) is 2.98. The summed E-state index contributed by atoms with van der Waals surface area (Å²) in [5.41, 5.74) is 1.34. The molecule has 0 amide bonds. The van der Waals surface area contributed by atoms with Gasteiger partial charge in [-0.25, -0.2) is 0 Å². The van der Waals surface area contributed by atoms with Crippen molar-refractivity contribution < 1.29 is 0 Å². The number of hydrogen-bond donors (Lipinski definition) is 0. The summed E-state index contributed by atoms with van der Waals surface area (Å²) < 4.78 is 0. The lowest BCUT2D eigenvalue weighted by molar-refractivity contribution is 0.308. The van der Waals surface area contributed by atoms with E-state index in [0.29, 0.717) is 4.83 Å². The zero-order valence-electron chi connectivity index (χ0n) is 8.05. The molecule has 0 aromatic heterocycles. The third-order valence-corrected chi connectivity index (χ3v) is 4.29. The zero-order valence-corrected chi connectivity index (χ0v) is 10.4. The molecule has 0 radical (unpaired) electrons. The van der Waals surface area contributed by atoms with Crippen molar-refractivity contribution in [1.29, 1.82) is 0 Å². The van der Waals surface area contributed by atoms with Gasteiger partial charge in [0.25, 0.3) is 0 Å². The summed E-state index contributed by atoms with van der Waals surface area (Å²) in [6, 6.07) is 8.17. The molecule has 0 heterocycles. The molecule has 0 bridgehead atoms. The van der Waals surface area contributed by atoms with E-state index >= 15 is 0 Å². The van der Waals surface area contributed by atoms with Gasteiger partial charge < -0.3 is 0 Å². The fourth-order valence-corrected chi connectivity index (χ4v) is 2.97. The van der Waals surface area contributed by atoms with Crippen LogP contribution in [0.5, 0.6) is 0 Å². The third kappa shape index (κ3) is 2.52. The van der Waals surface area contributed by atoms with Crippen LogP contribution in [0, 0.1) is 5.92 Å². The van der Waals surface area contributed by atoms with E-state index < -0.39 is 0 Å². The van der Waals surface area contributed by atoms with Crippen LogP contribution in [0.4, 0.5) is 0 Å². The van der Waals surface area contributed by atoms with Crippen molar-refractivity contribution in [3.8, 4) is 0 Å². The summed E-state index contributed by atoms with van der Waals surface area (Å²) in [7, 11) is 0. The highest BCUT2D eigenvalue weighted by Crippen LogP contribution is 2.35. The minimum Gasteiger partial charge on any atom is -0.0884 e. The first-order chi connectivity index (χ1) is 6.75. The van der Waals surface area contributed by atoms with E-state index in [-0.39, 0.29) is 0 Å². The van der Waals surface area contributed by atoms with Gasteiger partial charge in [0.1, 0.15) is 0 Å². The van der Waals surface area contributed by atoms with Crippen molar-refractivity contribution in [2.45, 2.75) is 30.5 Å². The average Bonchev–Trinajstić information content (AvgIpc) is 1.99. The van der Waals surface area contributed by atoms with Crippen molar-refractivity contribution in [2.75, 3.05) is 0 Å². The molecule has 1 aliphatic rings. The van der Waals surface area contributed by atoms with Gasteiger partial charge in [0.05, 0.1) is 0 Å². The van der Waals surface area contributed by atoms with Gasteiger partial charge in [-0.2, -0.15) is 0 Å². The molecule has 0 spiro atoms. The second kappa shape index (κ2) is 4.67. The fourth-order valence-electron chi connectivity index (χ4n) is 1.86. The summed E-state index contributed by atoms with van der Waals surface area (Å²) >= 11 is 9.71. The first-order valence-electron chi connectivity index (χ1n) is 5.14. The number of halogens is 2. The molecule has 2 rings (SSSR count). The molecule has 1 fully saturated rings. The van der Waals surface area contributed by atoms with Crippen LogP contribution in [-0.4, -0.2) is 4.83 Å². The zero-order chi connectivity index (χ0) is 9.97. The molecule has 0 N–H and O–H groups in total. The first-order valence-corrected chi connectivity index (χ1v) is 6.43. The second-order valence-corrected chi connectivity index (χ2v) is 5.65. The van der Waals surface area contributed by atoms with E-state index in [1.165, 1.54) is 24.8 Å². The highest BCUT2D eigenvalue weighted by molar-refractivity contribution is 9.09. The van der Waals surface area contributed by atoms with Crippen LogP contribution in [0.3, 0.4) is 0 Å². The van der Waals surface area contributed by atoms with Crippen LogP contribution in [0.15, 0.2) is 24.3 Å². The summed E-state index contributed by atoms with van der Waals surface area (Å²) in [4.78, 5) is 0.634. The Morgan fingerprint density at radius 3 is 2.79 bits per heavy atom. The van der Waals surface area contributed by atoms with E-state index in [4.69, 9.17) is 11.6 Å². The molecule has 76 valence electrons. The highest BCUT2D eigenvalue weighted by atomic mass is 79.9. The molecule has 0 aliphatic heterocycles. The van der Waals surface area contributed by atoms with Crippen LogP contribution in [0.25, 0.3) is 0 Å². The van der Waals surface area contributed by atoms with Crippen molar-refractivity contribution in [3.63, 3.8) is 0 Å². The molecule has 0 nitrogen and oxygen atoms in total. The van der Waals surface area contributed by atoms with Gasteiger partial charge >= 0.3 is 0 Å². The predicted molar refractivity (Wildman–Crippen MR) is 65.2 cm³/mol. The smallest absolute Gasteiger partial charge is 0.0408 e. The Hall–Kier alpha value is -0.0100. The highest BCUT2D eigenvalue weighted by Gasteiger charge is 2.25. The quantitative estimate of drug-likeness (QED) is 0.714. The van der Waals surface area contributed by atoms with Gasteiger partial charge in [-0.3, -0.25) is 0 Å². The number of hydrogen-bond acceptors (Lipinski definition) is 0. The summed E-state index contributed by atoms with van der Waals surface area (Å²) in [6.07, 6.45) is 5.28. The van der Waals surface area contributed by atoms with Crippen molar-refractivity contribution >= 4 is 27.5 Å². The maximum atomic E-state index is 5.94. The van der Waals surface area contributed by atoms with E-state index in [1.54, 1.807) is 0 Å². The van der Waals surface area contributed by atoms with Gasteiger partial charge in [0.2, 0.25) is 0 Å². The Balaban J connectivity index is 1.95. The first kappa shape index (κ1) is 10.5. The minimum absolute atomic E-state index is 0.634. The molecule has 14 heavy (non-hydrogen) atoms. The molecule has 2 heteroatoms. The monoisotopic (exact) mass is 272 g/mol. The van der Waals surface area contributed by atoms with Gasteiger partial charge in [-0.05, 0) is 42.9 Å². The molecular weight excluding hydrogens is 259 g/mol. The molecule has 1 aliphatic carbocycles. The Morgan fingerprint density at radius 1 is 1.43 bits per heavy atom. The lowest BCUT2D eigenvalue weighted by Gasteiger charge is -2.30. The second-order valence-electron chi connectivity index (χ2n) is 4.04. The van der Waals surface area contributed by atoms with Crippen LogP contribution in [-0.2, 0) is 6.42 Å². The van der Waals surface area contributed by atoms with Gasteiger partial charge in [0.15, 0.2) is 0 Å². The van der Waals surface area contributed by atoms with Gasteiger partial charge in [-0.15, -0.1) is 0 Å². The van der Waals surface area contributed by atoms with E-state index in [2.05, 4.69) is 28.1 Å². The number of alkyl halides is 1. The predicted octanol–water partition coefficient (Wildman–Crippen LogP) is 4.45. The topological polar surface area (TPSA) is 0 Å². The van der Waals surface area contributed by atoms with E-state index in [9.17, 15) is 0 Å². The fraction of sp³-hybridized carbons (Fsp3) is 0.500. The lowest BCUT2D eigenvalue weighted by Crippen LogP contribution is -2.23. The molecule has 1 aromatic carbocycles. The molecule has 1 saturated carbocycles. The number of benzene rings is 1. The molecular formula is C12H14BrCl. The number of rotatable bonds is 3. The Bertz CT molecular complexity index is 307. The molecule has 1 atom stereocenters. The Morgan fingerprint density at radius 2 is 2.21 bits per heavy atom. The van der Waals surface area contributed by atoms with Gasteiger partial charge in [-0.1, -0.05) is 46.1 Å². The van der Waals surface area contributed by atoms with E-state index in [1.807, 2.05) is 12.1 Å². The van der Waals surface area contributed by atoms with Crippen LogP contribution in [0.1, 0.15) is 24.8 Å². The van der Waals surface area contributed by atoms with Gasteiger partial charge in [0, 0.05) is 9.85 Å². The van der Waals surface area contributed by atoms with Crippen LogP contribution < -0.4 is 0 Å². The van der Waals surface area contributed by atoms with Crippen molar-refractivity contribution in [1.82, 2.24) is 0 Å². The molecule has 1 unspecified atom stereocenters. The van der Waals surface area contributed by atoms with E-state index in [0.717, 1.165) is 17.4 Å². The normalized spacial score (nSPS) is 19.0. The van der Waals surface area contributed by atoms with Crippen LogP contribution >= 0.6 is 27.5 Å². The minimum atomic E-state index is 0.634. The Kier molecular flexibility index (Phi) is 3.51. The van der Waals surface area contributed by atoms with Crippen LogP contribution in [0.2, 0.25) is 5.02 Å². The lowest BCUT2D eigenvalue weighted by atomic mass is 9.81. The largest absolute Gasteiger partial charge is 0.0884 e. The average molecular weight is 274 g/mol. The Labute approximate surface area is 98.8 Å². The maximum absolute atomic E-state index is 5.94. The SMILES string of the molecule is Clc1cccc(CC(Br)C2CCC2)c1. The summed E-state index contributed by atoms with van der Waals surface area (Å²) in [6.45, 7) is 0. The summed E-state index contributed by atoms with van der Waals surface area (Å²) in [5, 5.41) is 0.843. The van der Waals surface area contributed by atoms with Crippen molar-refractivity contribution in [2.24, 2.45) is 5.92 Å². The molecule has 1 aromatic rings. The van der Waals surface area contributed by atoms with Crippen molar-refractivity contribution in [3.05, 3.63) is 34.9 Å².